The molecule has 5 heteroatoms. The van der Waals surface area contributed by atoms with Crippen LogP contribution in [-0.2, 0) is 4.79 Å². The van der Waals surface area contributed by atoms with Crippen LogP contribution in [0.1, 0.15) is 37.8 Å². The number of allylic oxidation sites excluding steroid dienone is 2. The van der Waals surface area contributed by atoms with Crippen LogP contribution in [0.5, 0.6) is 11.5 Å². The first-order valence-corrected chi connectivity index (χ1v) is 7.43. The summed E-state index contributed by atoms with van der Waals surface area (Å²) in [7, 11) is 2.95. The van der Waals surface area contributed by atoms with Crippen LogP contribution in [0.4, 0.5) is 4.39 Å². The van der Waals surface area contributed by atoms with Gasteiger partial charge in [0.25, 0.3) is 0 Å². The average Bonchev–Trinajstić information content (AvgIpc) is 2.55. The van der Waals surface area contributed by atoms with Gasteiger partial charge in [0.2, 0.25) is 5.91 Å². The molecule has 1 aliphatic carbocycles. The van der Waals surface area contributed by atoms with Gasteiger partial charge in [0, 0.05) is 17.5 Å². The summed E-state index contributed by atoms with van der Waals surface area (Å²) in [6, 6.07) is 2.42. The van der Waals surface area contributed by atoms with Crippen LogP contribution < -0.4 is 14.8 Å². The lowest BCUT2D eigenvalue weighted by atomic mass is 9.93. The van der Waals surface area contributed by atoms with E-state index in [4.69, 9.17) is 9.47 Å². The highest BCUT2D eigenvalue weighted by molar-refractivity contribution is 5.79. The van der Waals surface area contributed by atoms with E-state index in [9.17, 15) is 9.18 Å². The van der Waals surface area contributed by atoms with Gasteiger partial charge in [-0.3, -0.25) is 4.79 Å². The highest BCUT2D eigenvalue weighted by atomic mass is 19.1. The lowest BCUT2D eigenvalue weighted by Gasteiger charge is -2.22. The molecule has 0 unspecified atom stereocenters. The maximum atomic E-state index is 14.2. The summed E-state index contributed by atoms with van der Waals surface area (Å²) in [4.78, 5) is 12.2. The molecule has 4 nitrogen and oxygen atoms in total. The minimum atomic E-state index is -0.432. The molecule has 1 aromatic carbocycles. The van der Waals surface area contributed by atoms with Crippen molar-refractivity contribution in [2.75, 3.05) is 14.2 Å². The monoisotopic (exact) mass is 307 g/mol. The SMILES string of the molecule is COc1cc(F)c([C@H](C)NC(=O)[C@@H]2CC=CCC2)cc1OC. The lowest BCUT2D eigenvalue weighted by molar-refractivity contribution is -0.125. The minimum Gasteiger partial charge on any atom is -0.493 e. The number of ether oxygens (including phenoxy) is 2. The zero-order valence-corrected chi connectivity index (χ0v) is 13.2. The van der Waals surface area contributed by atoms with Gasteiger partial charge >= 0.3 is 0 Å². The number of benzene rings is 1. The normalized spacial score (nSPS) is 18.6. The van der Waals surface area contributed by atoms with Gasteiger partial charge < -0.3 is 14.8 Å². The number of hydrogen-bond acceptors (Lipinski definition) is 3. The molecule has 0 saturated carbocycles. The van der Waals surface area contributed by atoms with E-state index < -0.39 is 11.9 Å². The van der Waals surface area contributed by atoms with Gasteiger partial charge in [-0.2, -0.15) is 0 Å². The molecule has 1 aliphatic rings. The van der Waals surface area contributed by atoms with Crippen molar-refractivity contribution in [2.24, 2.45) is 5.92 Å². The van der Waals surface area contributed by atoms with E-state index in [1.807, 2.05) is 6.08 Å². The molecular formula is C17H22FNO3. The van der Waals surface area contributed by atoms with E-state index in [1.54, 1.807) is 13.0 Å². The maximum absolute atomic E-state index is 14.2. The molecule has 2 rings (SSSR count). The molecule has 2 atom stereocenters. The second-order valence-corrected chi connectivity index (χ2v) is 5.44. The number of hydrogen-bond donors (Lipinski definition) is 1. The molecule has 22 heavy (non-hydrogen) atoms. The van der Waals surface area contributed by atoms with E-state index in [1.165, 1.54) is 20.3 Å². The Bertz CT molecular complexity index is 571. The molecule has 0 aromatic heterocycles. The summed E-state index contributed by atoms with van der Waals surface area (Å²) in [5.41, 5.74) is 0.386. The van der Waals surface area contributed by atoms with E-state index >= 15 is 0 Å². The molecule has 0 spiro atoms. The maximum Gasteiger partial charge on any atom is 0.223 e. The van der Waals surface area contributed by atoms with E-state index in [0.29, 0.717) is 17.1 Å². The molecule has 0 heterocycles. The van der Waals surface area contributed by atoms with E-state index in [0.717, 1.165) is 19.3 Å². The second-order valence-electron chi connectivity index (χ2n) is 5.44. The minimum absolute atomic E-state index is 0.0318. The van der Waals surface area contributed by atoms with Gasteiger partial charge in [-0.15, -0.1) is 0 Å². The largest absolute Gasteiger partial charge is 0.493 e. The Hall–Kier alpha value is -2.04. The van der Waals surface area contributed by atoms with Crippen LogP contribution in [0.3, 0.4) is 0 Å². The van der Waals surface area contributed by atoms with Crippen molar-refractivity contribution in [3.8, 4) is 11.5 Å². The molecule has 1 N–H and O–H groups in total. The van der Waals surface area contributed by atoms with Gasteiger partial charge in [0.15, 0.2) is 11.5 Å². The Balaban J connectivity index is 2.13. The molecule has 0 saturated heterocycles. The fourth-order valence-electron chi connectivity index (χ4n) is 2.64. The number of nitrogens with one attached hydrogen (secondary N) is 1. The van der Waals surface area contributed by atoms with Gasteiger partial charge in [0.1, 0.15) is 5.82 Å². The summed E-state index contributed by atoms with van der Waals surface area (Å²) in [6.07, 6.45) is 6.60. The zero-order valence-electron chi connectivity index (χ0n) is 13.2. The Labute approximate surface area is 130 Å². The van der Waals surface area contributed by atoms with Gasteiger partial charge in [-0.1, -0.05) is 12.2 Å². The van der Waals surface area contributed by atoms with Crippen molar-refractivity contribution in [2.45, 2.75) is 32.2 Å². The van der Waals surface area contributed by atoms with Crippen molar-refractivity contribution < 1.29 is 18.7 Å². The van der Waals surface area contributed by atoms with Gasteiger partial charge in [-0.25, -0.2) is 4.39 Å². The van der Waals surface area contributed by atoms with Crippen LogP contribution >= 0.6 is 0 Å². The number of carbonyl (C=O) groups is 1. The molecule has 0 bridgehead atoms. The van der Waals surface area contributed by atoms with Crippen molar-refractivity contribution in [3.63, 3.8) is 0 Å². The molecule has 120 valence electrons. The highest BCUT2D eigenvalue weighted by Crippen LogP contribution is 2.32. The Morgan fingerprint density at radius 2 is 1.95 bits per heavy atom. The predicted molar refractivity (Wildman–Crippen MR) is 82.5 cm³/mol. The van der Waals surface area contributed by atoms with Crippen molar-refractivity contribution >= 4 is 5.91 Å². The number of methoxy groups -OCH3 is 2. The predicted octanol–water partition coefficient (Wildman–Crippen LogP) is 3.38. The average molecular weight is 307 g/mol. The van der Waals surface area contributed by atoms with Crippen molar-refractivity contribution in [1.82, 2.24) is 5.32 Å². The summed E-state index contributed by atoms with van der Waals surface area (Å²) >= 11 is 0. The quantitative estimate of drug-likeness (QED) is 0.848. The van der Waals surface area contributed by atoms with Crippen molar-refractivity contribution in [3.05, 3.63) is 35.7 Å². The Kier molecular flexibility index (Phi) is 5.41. The van der Waals surface area contributed by atoms with Gasteiger partial charge in [0.05, 0.1) is 20.3 Å². The molecule has 0 radical (unpaired) electrons. The summed E-state index contributed by atoms with van der Waals surface area (Å²) in [6.45, 7) is 1.76. The molecule has 1 amide bonds. The Morgan fingerprint density at radius 1 is 1.27 bits per heavy atom. The lowest BCUT2D eigenvalue weighted by Crippen LogP contribution is -2.33. The molecule has 1 aromatic rings. The fourth-order valence-corrected chi connectivity index (χ4v) is 2.64. The summed E-state index contributed by atoms with van der Waals surface area (Å²) < 4.78 is 24.5. The third-order valence-electron chi connectivity index (χ3n) is 3.97. The summed E-state index contributed by atoms with van der Waals surface area (Å²) in [5, 5.41) is 2.89. The third kappa shape index (κ3) is 3.59. The first kappa shape index (κ1) is 16.3. The van der Waals surface area contributed by atoms with E-state index in [2.05, 4.69) is 11.4 Å². The topological polar surface area (TPSA) is 47.6 Å². The van der Waals surface area contributed by atoms with Crippen LogP contribution in [0.15, 0.2) is 24.3 Å². The third-order valence-corrected chi connectivity index (χ3v) is 3.97. The standard InChI is InChI=1S/C17H22FNO3/c1-11(19-17(20)12-7-5-4-6-8-12)13-9-15(21-2)16(22-3)10-14(13)18/h4-5,9-12H,6-8H2,1-3H3,(H,19,20)/t11-,12+/m0/s1. The first-order chi connectivity index (χ1) is 10.6. The molecular weight excluding hydrogens is 285 g/mol. The summed E-state index contributed by atoms with van der Waals surface area (Å²) in [5.74, 6) is 0.288. The van der Waals surface area contributed by atoms with Crippen LogP contribution in [0.2, 0.25) is 0 Å². The van der Waals surface area contributed by atoms with Crippen molar-refractivity contribution in [1.29, 1.82) is 0 Å². The number of halogens is 1. The van der Waals surface area contributed by atoms with Crippen LogP contribution in [0.25, 0.3) is 0 Å². The van der Waals surface area contributed by atoms with Crippen LogP contribution in [-0.4, -0.2) is 20.1 Å². The van der Waals surface area contributed by atoms with Crippen LogP contribution in [0, 0.1) is 11.7 Å². The number of rotatable bonds is 5. The zero-order chi connectivity index (χ0) is 16.1. The number of amides is 1. The van der Waals surface area contributed by atoms with Gasteiger partial charge in [-0.05, 0) is 32.3 Å². The smallest absolute Gasteiger partial charge is 0.223 e. The highest BCUT2D eigenvalue weighted by Gasteiger charge is 2.23. The van der Waals surface area contributed by atoms with E-state index in [-0.39, 0.29) is 11.8 Å². The molecule has 0 fully saturated rings. The second kappa shape index (κ2) is 7.29. The molecule has 0 aliphatic heterocycles. The Morgan fingerprint density at radius 3 is 2.55 bits per heavy atom. The fraction of sp³-hybridized carbons (Fsp3) is 0.471. The number of carbonyl (C=O) groups excluding carboxylic acids is 1. The first-order valence-electron chi connectivity index (χ1n) is 7.43.